The number of anilines is 1. The molecule has 26 heavy (non-hydrogen) atoms. The molecule has 2 aliphatic heterocycles. The van der Waals surface area contributed by atoms with Crippen molar-refractivity contribution in [2.24, 2.45) is 5.73 Å². The average Bonchev–Trinajstić information content (AvgIpc) is 3.03. The van der Waals surface area contributed by atoms with Gasteiger partial charge in [-0.15, -0.1) is 23.1 Å². The number of methoxy groups -OCH3 is 1. The molecule has 2 aliphatic rings. The summed E-state index contributed by atoms with van der Waals surface area (Å²) in [5, 5.41) is 13.2. The minimum absolute atomic E-state index is 0. The molecule has 0 aromatic carbocycles. The summed E-state index contributed by atoms with van der Waals surface area (Å²) >= 11 is 2.46. The fraction of sp³-hybridized carbons (Fsp3) is 0.385. The van der Waals surface area contributed by atoms with E-state index in [1.807, 2.05) is 0 Å². The normalized spacial score (nSPS) is 22.7. The number of β-lactam (4-membered cyclic amide) rings is 1. The Bertz CT molecular complexity index is 781. The second-order valence-electron chi connectivity index (χ2n) is 5.27. The Morgan fingerprint density at radius 3 is 2.77 bits per heavy atom. The zero-order chi connectivity index (χ0) is 18.3. The number of nitrogens with two attached hydrogens (primary N) is 2. The maximum Gasteiger partial charge on any atom is 0.356 e. The van der Waals surface area contributed by atoms with E-state index in [0.717, 1.165) is 16.2 Å². The van der Waals surface area contributed by atoms with Crippen molar-refractivity contribution >= 4 is 46.0 Å². The van der Waals surface area contributed by atoms with Crippen molar-refractivity contribution in [3.05, 3.63) is 22.5 Å². The predicted molar refractivity (Wildman–Crippen MR) is 93.8 cm³/mol. The van der Waals surface area contributed by atoms with E-state index in [-0.39, 0.29) is 27.8 Å². The van der Waals surface area contributed by atoms with Crippen LogP contribution < -0.4 is 16.8 Å². The Hall–Kier alpha value is -2.35. The van der Waals surface area contributed by atoms with Gasteiger partial charge < -0.3 is 32.1 Å². The standard InChI is InChI=1S/C13H15N5O5S2.H2O/c1-23-5-3-24-11-7(10(20)18(11)8(5)12(21)22)17-9(19)6(14)4-2-25-13(15)16-4;/h2,6-7,11H,3,14H2,1H3,(H2,15,16)(H,17,19)(H,21,22);1H2/t6-,7-,11-;/m1./s1. The lowest BCUT2D eigenvalue weighted by Crippen LogP contribution is -2.71. The van der Waals surface area contributed by atoms with Gasteiger partial charge >= 0.3 is 5.97 Å². The van der Waals surface area contributed by atoms with Gasteiger partial charge in [-0.05, 0) is 0 Å². The van der Waals surface area contributed by atoms with Crippen LogP contribution in [0.25, 0.3) is 0 Å². The smallest absolute Gasteiger partial charge is 0.356 e. The van der Waals surface area contributed by atoms with Crippen LogP contribution in [-0.4, -0.2) is 62.5 Å². The zero-order valence-corrected chi connectivity index (χ0v) is 15.1. The van der Waals surface area contributed by atoms with Crippen LogP contribution in [0.1, 0.15) is 11.7 Å². The molecular formula is C13H17N5O6S2. The summed E-state index contributed by atoms with van der Waals surface area (Å²) < 4.78 is 5.04. The first-order valence-corrected chi connectivity index (χ1v) is 9.00. The number of aliphatic carboxylic acids is 1. The van der Waals surface area contributed by atoms with E-state index in [0.29, 0.717) is 5.69 Å². The molecule has 13 heteroatoms. The number of nitrogens with one attached hydrogen (secondary N) is 1. The van der Waals surface area contributed by atoms with E-state index in [4.69, 9.17) is 16.2 Å². The number of aromatic nitrogens is 1. The molecule has 2 amide bonds. The molecule has 0 saturated carbocycles. The minimum atomic E-state index is -1.25. The van der Waals surface area contributed by atoms with Crippen molar-refractivity contribution in [1.82, 2.24) is 15.2 Å². The average molecular weight is 403 g/mol. The molecule has 142 valence electrons. The van der Waals surface area contributed by atoms with Crippen LogP contribution in [-0.2, 0) is 19.1 Å². The Balaban J connectivity index is 0.00000243. The van der Waals surface area contributed by atoms with Gasteiger partial charge in [-0.2, -0.15) is 0 Å². The zero-order valence-electron chi connectivity index (χ0n) is 13.5. The van der Waals surface area contributed by atoms with E-state index in [1.165, 1.54) is 18.9 Å². The molecule has 0 bridgehead atoms. The minimum Gasteiger partial charge on any atom is -0.498 e. The highest BCUT2D eigenvalue weighted by Crippen LogP contribution is 2.40. The molecule has 1 aromatic heterocycles. The summed E-state index contributed by atoms with van der Waals surface area (Å²) in [6.07, 6.45) is 0. The summed E-state index contributed by atoms with van der Waals surface area (Å²) in [5.74, 6) is -1.87. The third-order valence-corrected chi connectivity index (χ3v) is 5.77. The van der Waals surface area contributed by atoms with Crippen LogP contribution in [0.2, 0.25) is 0 Å². The number of nitrogen functional groups attached to an aromatic ring is 1. The Kier molecular flexibility index (Phi) is 5.75. The number of ether oxygens (including phenoxy) is 1. The molecule has 0 spiro atoms. The number of thioether (sulfide) groups is 1. The number of hydrogen-bond donors (Lipinski definition) is 4. The van der Waals surface area contributed by atoms with Gasteiger partial charge in [0.25, 0.3) is 5.91 Å². The number of carbonyl (C=O) groups excluding carboxylic acids is 2. The first kappa shape index (κ1) is 20.0. The monoisotopic (exact) mass is 403 g/mol. The molecule has 3 rings (SSSR count). The van der Waals surface area contributed by atoms with Crippen molar-refractivity contribution in [3.8, 4) is 0 Å². The molecule has 1 aromatic rings. The Morgan fingerprint density at radius 2 is 2.23 bits per heavy atom. The number of amides is 2. The lowest BCUT2D eigenvalue weighted by Gasteiger charge is -2.49. The second-order valence-corrected chi connectivity index (χ2v) is 7.26. The van der Waals surface area contributed by atoms with Gasteiger partial charge in [-0.3, -0.25) is 14.5 Å². The van der Waals surface area contributed by atoms with Crippen molar-refractivity contribution in [3.63, 3.8) is 0 Å². The lowest BCUT2D eigenvalue weighted by atomic mass is 10.0. The molecule has 3 atom stereocenters. The highest BCUT2D eigenvalue weighted by atomic mass is 32.2. The van der Waals surface area contributed by atoms with Crippen LogP contribution >= 0.6 is 23.1 Å². The van der Waals surface area contributed by atoms with Crippen LogP contribution in [0, 0.1) is 0 Å². The summed E-state index contributed by atoms with van der Waals surface area (Å²) in [4.78, 5) is 41.1. The topological polar surface area (TPSA) is 192 Å². The van der Waals surface area contributed by atoms with Gasteiger partial charge in [0.2, 0.25) is 5.91 Å². The summed E-state index contributed by atoms with van der Waals surface area (Å²) in [6.45, 7) is 0. The van der Waals surface area contributed by atoms with E-state index in [2.05, 4.69) is 10.3 Å². The molecule has 0 radical (unpaired) electrons. The molecular weight excluding hydrogens is 386 g/mol. The number of hydrogen-bond acceptors (Lipinski definition) is 9. The van der Waals surface area contributed by atoms with Crippen molar-refractivity contribution in [2.75, 3.05) is 18.6 Å². The van der Waals surface area contributed by atoms with E-state index in [1.54, 1.807) is 5.38 Å². The third kappa shape index (κ3) is 3.21. The Morgan fingerprint density at radius 1 is 1.54 bits per heavy atom. The number of nitrogens with zero attached hydrogens (tertiary/aromatic N) is 2. The van der Waals surface area contributed by atoms with Crippen molar-refractivity contribution in [2.45, 2.75) is 17.5 Å². The molecule has 11 nitrogen and oxygen atoms in total. The van der Waals surface area contributed by atoms with Crippen LogP contribution in [0.3, 0.4) is 0 Å². The SMILES string of the molecule is COC1=C(C(=O)O)N2C(=O)[C@@H](NC(=O)[C@H](N)c3csc(N)n3)[C@H]2SC1.O. The van der Waals surface area contributed by atoms with E-state index in [9.17, 15) is 19.5 Å². The van der Waals surface area contributed by atoms with E-state index >= 15 is 0 Å². The first-order valence-electron chi connectivity index (χ1n) is 7.07. The van der Waals surface area contributed by atoms with Crippen LogP contribution in [0.4, 0.5) is 5.13 Å². The number of carboxylic acids is 1. The molecule has 8 N–H and O–H groups in total. The number of carbonyl (C=O) groups is 3. The highest BCUT2D eigenvalue weighted by molar-refractivity contribution is 8.00. The molecule has 0 aliphatic carbocycles. The summed E-state index contributed by atoms with van der Waals surface area (Å²) in [5.41, 5.74) is 11.5. The lowest BCUT2D eigenvalue weighted by molar-refractivity contribution is -0.151. The number of carboxylic acid groups (broad SMARTS) is 1. The van der Waals surface area contributed by atoms with Crippen LogP contribution in [0.15, 0.2) is 16.8 Å². The van der Waals surface area contributed by atoms with E-state index < -0.39 is 35.2 Å². The molecule has 0 unspecified atom stereocenters. The highest BCUT2D eigenvalue weighted by Gasteiger charge is 2.55. The quantitative estimate of drug-likeness (QED) is 0.412. The first-order chi connectivity index (χ1) is 11.8. The molecule has 1 fully saturated rings. The van der Waals surface area contributed by atoms with Crippen LogP contribution in [0.5, 0.6) is 0 Å². The largest absolute Gasteiger partial charge is 0.498 e. The Labute approximate surface area is 155 Å². The van der Waals surface area contributed by atoms with Gasteiger partial charge in [-0.1, -0.05) is 0 Å². The number of thiazole rings is 1. The predicted octanol–water partition coefficient (Wildman–Crippen LogP) is -1.76. The summed E-state index contributed by atoms with van der Waals surface area (Å²) in [6, 6.07) is -1.92. The van der Waals surface area contributed by atoms with Gasteiger partial charge in [-0.25, -0.2) is 9.78 Å². The summed E-state index contributed by atoms with van der Waals surface area (Å²) in [7, 11) is 1.35. The maximum absolute atomic E-state index is 12.3. The van der Waals surface area contributed by atoms with Crippen molar-refractivity contribution in [1.29, 1.82) is 0 Å². The molecule has 1 saturated heterocycles. The fourth-order valence-corrected chi connectivity index (χ4v) is 4.48. The van der Waals surface area contributed by atoms with Crippen molar-refractivity contribution < 1.29 is 29.7 Å². The number of fused-ring (bicyclic) bond motifs is 1. The van der Waals surface area contributed by atoms with Gasteiger partial charge in [0.15, 0.2) is 10.8 Å². The third-order valence-electron chi connectivity index (χ3n) is 3.82. The van der Waals surface area contributed by atoms with Gasteiger partial charge in [0.05, 0.1) is 18.6 Å². The fourth-order valence-electron chi connectivity index (χ4n) is 2.57. The maximum atomic E-state index is 12.3. The van der Waals surface area contributed by atoms with Gasteiger partial charge in [0, 0.05) is 5.38 Å². The number of rotatable bonds is 5. The van der Waals surface area contributed by atoms with Gasteiger partial charge in [0.1, 0.15) is 23.2 Å². The molecule has 3 heterocycles. The second kappa shape index (κ2) is 7.49.